The minimum atomic E-state index is 0.975. The van der Waals surface area contributed by atoms with Crippen molar-refractivity contribution in [2.75, 3.05) is 18.5 Å². The van der Waals surface area contributed by atoms with Crippen LogP contribution in [0.25, 0.3) is 10.1 Å². The van der Waals surface area contributed by atoms with Crippen molar-refractivity contribution in [2.24, 2.45) is 4.99 Å². The van der Waals surface area contributed by atoms with E-state index < -0.39 is 0 Å². The SMILES string of the molecule is C=Nc1sc2ccccc2c1N(C)CC. The highest BCUT2D eigenvalue weighted by Gasteiger charge is 2.13. The minimum absolute atomic E-state index is 0.975. The zero-order chi connectivity index (χ0) is 10.8. The maximum Gasteiger partial charge on any atom is 0.139 e. The Morgan fingerprint density at radius 3 is 2.80 bits per heavy atom. The molecule has 2 aromatic rings. The molecule has 2 rings (SSSR count). The third-order valence-electron chi connectivity index (χ3n) is 2.55. The maximum absolute atomic E-state index is 4.10. The normalized spacial score (nSPS) is 10.5. The third kappa shape index (κ3) is 1.63. The Morgan fingerprint density at radius 2 is 2.13 bits per heavy atom. The standard InChI is InChI=1S/C12H14N2S/c1-4-14(3)11-9-7-5-6-8-10(9)15-12(11)13-2/h5-8H,2,4H2,1,3H3. The molecule has 78 valence electrons. The molecule has 0 spiro atoms. The molecule has 2 nitrogen and oxygen atoms in total. The minimum Gasteiger partial charge on any atom is -0.372 e. The average molecular weight is 218 g/mol. The van der Waals surface area contributed by atoms with Crippen LogP contribution in [0.15, 0.2) is 29.3 Å². The van der Waals surface area contributed by atoms with E-state index in [0.29, 0.717) is 0 Å². The molecule has 0 aliphatic rings. The van der Waals surface area contributed by atoms with Crippen LogP contribution in [-0.2, 0) is 0 Å². The Kier molecular flexibility index (Phi) is 2.73. The van der Waals surface area contributed by atoms with Gasteiger partial charge in [0, 0.05) is 23.7 Å². The van der Waals surface area contributed by atoms with Crippen molar-refractivity contribution in [3.63, 3.8) is 0 Å². The molecule has 0 saturated carbocycles. The molecule has 15 heavy (non-hydrogen) atoms. The van der Waals surface area contributed by atoms with Crippen molar-refractivity contribution in [3.05, 3.63) is 24.3 Å². The Hall–Kier alpha value is -1.35. The fraction of sp³-hybridized carbons (Fsp3) is 0.250. The molecule has 0 bridgehead atoms. The molecule has 0 unspecified atom stereocenters. The van der Waals surface area contributed by atoms with E-state index in [1.165, 1.54) is 15.8 Å². The van der Waals surface area contributed by atoms with Crippen molar-refractivity contribution in [1.82, 2.24) is 0 Å². The Labute approximate surface area is 93.9 Å². The van der Waals surface area contributed by atoms with Gasteiger partial charge in [0.25, 0.3) is 0 Å². The summed E-state index contributed by atoms with van der Waals surface area (Å²) in [5.74, 6) is 0. The molecular weight excluding hydrogens is 204 g/mol. The Bertz CT molecular complexity index is 487. The second-order valence-electron chi connectivity index (χ2n) is 3.42. The van der Waals surface area contributed by atoms with E-state index in [-0.39, 0.29) is 0 Å². The molecule has 1 aromatic heterocycles. The van der Waals surface area contributed by atoms with Crippen LogP contribution in [0.1, 0.15) is 6.92 Å². The first-order valence-corrected chi connectivity index (χ1v) is 5.79. The zero-order valence-electron chi connectivity index (χ0n) is 9.03. The van der Waals surface area contributed by atoms with Crippen LogP contribution in [0.3, 0.4) is 0 Å². The van der Waals surface area contributed by atoms with Crippen molar-refractivity contribution < 1.29 is 0 Å². The lowest BCUT2D eigenvalue weighted by Gasteiger charge is -2.16. The number of anilines is 1. The Morgan fingerprint density at radius 1 is 1.40 bits per heavy atom. The van der Waals surface area contributed by atoms with Crippen molar-refractivity contribution in [1.29, 1.82) is 0 Å². The number of hydrogen-bond acceptors (Lipinski definition) is 3. The van der Waals surface area contributed by atoms with Crippen LogP contribution in [-0.4, -0.2) is 20.3 Å². The average Bonchev–Trinajstić information content (AvgIpc) is 2.66. The predicted octanol–water partition coefficient (Wildman–Crippen LogP) is 3.69. The first-order chi connectivity index (χ1) is 7.27. The van der Waals surface area contributed by atoms with Gasteiger partial charge in [-0.25, -0.2) is 0 Å². The largest absolute Gasteiger partial charge is 0.372 e. The summed E-state index contributed by atoms with van der Waals surface area (Å²) in [5, 5.41) is 2.29. The number of benzene rings is 1. The van der Waals surface area contributed by atoms with E-state index in [1.807, 2.05) is 0 Å². The van der Waals surface area contributed by atoms with Gasteiger partial charge in [-0.2, -0.15) is 0 Å². The predicted molar refractivity (Wildman–Crippen MR) is 70.0 cm³/mol. The second-order valence-corrected chi connectivity index (χ2v) is 4.45. The van der Waals surface area contributed by atoms with E-state index in [1.54, 1.807) is 11.3 Å². The molecule has 0 atom stereocenters. The molecule has 0 amide bonds. The molecule has 0 fully saturated rings. The lowest BCUT2D eigenvalue weighted by molar-refractivity contribution is 0.976. The molecule has 1 heterocycles. The van der Waals surface area contributed by atoms with Gasteiger partial charge in [0.1, 0.15) is 5.00 Å². The number of nitrogens with zero attached hydrogens (tertiary/aromatic N) is 2. The third-order valence-corrected chi connectivity index (χ3v) is 3.64. The number of fused-ring (bicyclic) bond motifs is 1. The Balaban J connectivity index is 2.72. The lowest BCUT2D eigenvalue weighted by Crippen LogP contribution is -2.15. The van der Waals surface area contributed by atoms with E-state index in [2.05, 4.69) is 54.8 Å². The summed E-state index contributed by atoms with van der Waals surface area (Å²) >= 11 is 1.70. The molecule has 0 radical (unpaired) electrons. The fourth-order valence-corrected chi connectivity index (χ4v) is 2.71. The van der Waals surface area contributed by atoms with Gasteiger partial charge in [0.2, 0.25) is 0 Å². The number of hydrogen-bond donors (Lipinski definition) is 0. The molecule has 0 aliphatic heterocycles. The summed E-state index contributed by atoms with van der Waals surface area (Å²) in [7, 11) is 2.09. The first-order valence-electron chi connectivity index (χ1n) is 4.97. The molecule has 0 N–H and O–H groups in total. The van der Waals surface area contributed by atoms with Crippen molar-refractivity contribution >= 4 is 38.8 Å². The highest BCUT2D eigenvalue weighted by atomic mass is 32.1. The van der Waals surface area contributed by atoms with Crippen molar-refractivity contribution in [3.8, 4) is 0 Å². The molecular formula is C12H14N2S. The van der Waals surface area contributed by atoms with Gasteiger partial charge in [-0.3, -0.25) is 4.99 Å². The first kappa shape index (κ1) is 10.2. The lowest BCUT2D eigenvalue weighted by atomic mass is 10.2. The van der Waals surface area contributed by atoms with Crippen molar-refractivity contribution in [2.45, 2.75) is 6.92 Å². The smallest absolute Gasteiger partial charge is 0.139 e. The van der Waals surface area contributed by atoms with Gasteiger partial charge in [0.05, 0.1) is 5.69 Å². The van der Waals surface area contributed by atoms with Gasteiger partial charge in [-0.15, -0.1) is 11.3 Å². The van der Waals surface area contributed by atoms with E-state index >= 15 is 0 Å². The monoisotopic (exact) mass is 218 g/mol. The van der Waals surface area contributed by atoms with Crippen LogP contribution in [0.4, 0.5) is 10.7 Å². The van der Waals surface area contributed by atoms with Crippen LogP contribution in [0, 0.1) is 0 Å². The second kappa shape index (κ2) is 4.03. The van der Waals surface area contributed by atoms with Crippen LogP contribution < -0.4 is 4.90 Å². The van der Waals surface area contributed by atoms with Gasteiger partial charge >= 0.3 is 0 Å². The summed E-state index contributed by atoms with van der Waals surface area (Å²) in [6.07, 6.45) is 0. The van der Waals surface area contributed by atoms with Crippen LogP contribution >= 0.6 is 11.3 Å². The molecule has 0 aliphatic carbocycles. The molecule has 3 heteroatoms. The highest BCUT2D eigenvalue weighted by Crippen LogP contribution is 2.43. The zero-order valence-corrected chi connectivity index (χ0v) is 9.84. The van der Waals surface area contributed by atoms with Gasteiger partial charge in [-0.1, -0.05) is 18.2 Å². The molecule has 0 saturated heterocycles. The van der Waals surface area contributed by atoms with Gasteiger partial charge in [-0.05, 0) is 19.7 Å². The number of aliphatic imine (C=N–C) groups is 1. The quantitative estimate of drug-likeness (QED) is 0.717. The van der Waals surface area contributed by atoms with Crippen LogP contribution in [0.2, 0.25) is 0 Å². The van der Waals surface area contributed by atoms with Crippen LogP contribution in [0.5, 0.6) is 0 Å². The summed E-state index contributed by atoms with van der Waals surface area (Å²) in [5.41, 5.74) is 1.20. The number of thiophene rings is 1. The summed E-state index contributed by atoms with van der Waals surface area (Å²) in [6, 6.07) is 8.39. The van der Waals surface area contributed by atoms with E-state index in [0.717, 1.165) is 11.5 Å². The summed E-state index contributed by atoms with van der Waals surface area (Å²) in [4.78, 5) is 6.31. The van der Waals surface area contributed by atoms with E-state index in [4.69, 9.17) is 0 Å². The summed E-state index contributed by atoms with van der Waals surface area (Å²) in [6.45, 7) is 6.75. The maximum atomic E-state index is 4.10. The topological polar surface area (TPSA) is 15.6 Å². The highest BCUT2D eigenvalue weighted by molar-refractivity contribution is 7.23. The van der Waals surface area contributed by atoms with Gasteiger partial charge in [0.15, 0.2) is 0 Å². The van der Waals surface area contributed by atoms with Gasteiger partial charge < -0.3 is 4.90 Å². The molecule has 1 aromatic carbocycles. The van der Waals surface area contributed by atoms with E-state index in [9.17, 15) is 0 Å². The number of rotatable bonds is 3. The fourth-order valence-electron chi connectivity index (χ4n) is 1.65. The summed E-state index contributed by atoms with van der Waals surface area (Å²) < 4.78 is 1.27.